The second kappa shape index (κ2) is 13.6. The number of likely N-dealkylation sites (tertiary alicyclic amines) is 1. The number of benzene rings is 1. The molecule has 1 N–H and O–H groups in total. The van der Waals surface area contributed by atoms with Crippen molar-refractivity contribution in [3.8, 4) is 11.6 Å². The summed E-state index contributed by atoms with van der Waals surface area (Å²) in [6.45, 7) is 11.1. The Morgan fingerprint density at radius 1 is 1.06 bits per heavy atom. The Morgan fingerprint density at radius 2 is 1.75 bits per heavy atom. The third-order valence-corrected chi connectivity index (χ3v) is 12.4. The first-order chi connectivity index (χ1) is 24.3. The number of carbonyl (C=O) groups excluding carboxylic acids is 4. The van der Waals surface area contributed by atoms with Gasteiger partial charge < -0.3 is 19.1 Å². The molecule has 0 bridgehead atoms. The number of ether oxygens (including phenoxy) is 3. The quantitative estimate of drug-likeness (QED) is 0.243. The van der Waals surface area contributed by atoms with E-state index in [9.17, 15) is 27.6 Å². The number of carbonyl (C=O) groups is 4. The maximum atomic E-state index is 14.6. The lowest BCUT2D eigenvalue weighted by Crippen LogP contribution is -2.48. The van der Waals surface area contributed by atoms with Crippen LogP contribution in [0.5, 0.6) is 11.6 Å². The molecule has 0 spiro atoms. The van der Waals surface area contributed by atoms with Crippen LogP contribution in [0.4, 0.5) is 0 Å². The van der Waals surface area contributed by atoms with E-state index in [4.69, 9.17) is 18.4 Å². The summed E-state index contributed by atoms with van der Waals surface area (Å²) in [6, 6.07) is 6.33. The van der Waals surface area contributed by atoms with Crippen molar-refractivity contribution in [3.63, 3.8) is 0 Å². The van der Waals surface area contributed by atoms with Crippen molar-refractivity contribution < 1.29 is 46.0 Å². The van der Waals surface area contributed by atoms with Crippen molar-refractivity contribution in [2.45, 2.75) is 123 Å². The van der Waals surface area contributed by atoms with Crippen molar-refractivity contribution in [3.05, 3.63) is 30.5 Å². The number of amides is 2. The van der Waals surface area contributed by atoms with Gasteiger partial charge in [0.15, 0.2) is 5.78 Å². The molecule has 13 nitrogen and oxygen atoms in total. The number of nitrogens with zero attached hydrogens (tertiary/aromatic N) is 2. The zero-order chi connectivity index (χ0) is 37.9. The highest BCUT2D eigenvalue weighted by molar-refractivity contribution is 7.85. The molecule has 6 rings (SSSR count). The van der Waals surface area contributed by atoms with Crippen molar-refractivity contribution >= 4 is 44.6 Å². The normalized spacial score (nSPS) is 26.3. The molecular weight excluding hydrogens is 690 g/mol. The Labute approximate surface area is 305 Å². The van der Waals surface area contributed by atoms with Crippen molar-refractivity contribution in [2.75, 3.05) is 13.7 Å². The molecule has 2 aromatic rings. The lowest BCUT2D eigenvalue weighted by atomic mass is 9.77. The summed E-state index contributed by atoms with van der Waals surface area (Å²) in [4.78, 5) is 61.7. The number of hydrogen-bond acceptors (Lipinski definition) is 11. The molecule has 52 heavy (non-hydrogen) atoms. The number of hydrogen-bond donors (Lipinski definition) is 1. The second-order valence-corrected chi connectivity index (χ2v) is 18.0. The first-order valence-corrected chi connectivity index (χ1v) is 19.6. The van der Waals surface area contributed by atoms with Crippen LogP contribution >= 0.6 is 0 Å². The third-order valence-electron chi connectivity index (χ3n) is 11.3. The Kier molecular flexibility index (Phi) is 9.91. The van der Waals surface area contributed by atoms with E-state index < -0.39 is 62.3 Å². The zero-order valence-corrected chi connectivity index (χ0v) is 32.0. The average molecular weight is 742 g/mol. The molecule has 2 heterocycles. The number of Topliss-reactive ketones (excluding diaryl/α,β-unsaturated/α-hetero) is 1. The second-order valence-electron chi connectivity index (χ2n) is 16.8. The molecule has 1 aromatic carbocycles. The number of ketones is 1. The van der Waals surface area contributed by atoms with Crippen molar-refractivity contribution in [1.82, 2.24) is 14.6 Å². The van der Waals surface area contributed by atoms with Crippen LogP contribution in [-0.2, 0) is 38.4 Å². The van der Waals surface area contributed by atoms with Gasteiger partial charge in [0, 0.05) is 24.4 Å². The molecular formula is C38H51N3O10S. The van der Waals surface area contributed by atoms with Gasteiger partial charge in [-0.3, -0.25) is 19.2 Å². The van der Waals surface area contributed by atoms with Crippen LogP contribution in [-0.4, -0.2) is 78.9 Å². The summed E-state index contributed by atoms with van der Waals surface area (Å²) in [5.41, 5.74) is -3.27. The molecule has 1 saturated heterocycles. The number of esters is 1. The van der Waals surface area contributed by atoms with Gasteiger partial charge in [-0.1, -0.05) is 34.1 Å². The Morgan fingerprint density at radius 3 is 2.35 bits per heavy atom. The first kappa shape index (κ1) is 38.0. The number of fused-ring (bicyclic) bond motifs is 1. The molecule has 3 aliphatic carbocycles. The number of nitrogens with one attached hydrogen (secondary N) is 1. The maximum Gasteiger partial charge on any atom is 0.362 e. The summed E-state index contributed by atoms with van der Waals surface area (Å²) in [7, 11) is -2.82. The Bertz CT molecular complexity index is 1870. The Hall–Kier alpha value is -3.78. The largest absolute Gasteiger partial charge is 0.497 e. The highest BCUT2D eigenvalue weighted by Gasteiger charge is 2.62. The van der Waals surface area contributed by atoms with Crippen molar-refractivity contribution in [2.24, 2.45) is 22.7 Å². The van der Waals surface area contributed by atoms with Gasteiger partial charge >= 0.3 is 16.3 Å². The average Bonchev–Trinajstić information content (AvgIpc) is 4.02. The van der Waals surface area contributed by atoms with E-state index >= 15 is 0 Å². The molecule has 0 unspecified atom stereocenters. The number of pyridine rings is 1. The molecule has 284 valence electrons. The van der Waals surface area contributed by atoms with Crippen LogP contribution in [0.1, 0.15) is 99.3 Å². The van der Waals surface area contributed by atoms with E-state index in [1.54, 1.807) is 26.3 Å². The lowest BCUT2D eigenvalue weighted by Gasteiger charge is -2.35. The fourth-order valence-electron chi connectivity index (χ4n) is 7.34. The Balaban J connectivity index is 1.26. The number of methoxy groups -OCH3 is 1. The van der Waals surface area contributed by atoms with Gasteiger partial charge in [-0.25, -0.2) is 13.9 Å². The maximum absolute atomic E-state index is 14.6. The van der Waals surface area contributed by atoms with Crippen LogP contribution in [0.25, 0.3) is 10.8 Å². The fraction of sp³-hybridized carbons (Fsp3) is 0.658. The highest BCUT2D eigenvalue weighted by Crippen LogP contribution is 2.58. The van der Waals surface area contributed by atoms with E-state index in [2.05, 4.69) is 9.71 Å². The minimum Gasteiger partial charge on any atom is -0.497 e. The van der Waals surface area contributed by atoms with Gasteiger partial charge in [0.25, 0.3) is 0 Å². The van der Waals surface area contributed by atoms with Gasteiger partial charge in [0.05, 0.1) is 43.1 Å². The van der Waals surface area contributed by atoms with Crippen LogP contribution in [0, 0.1) is 22.7 Å². The highest BCUT2D eigenvalue weighted by atomic mass is 32.2. The molecule has 3 saturated carbocycles. The molecule has 2 amide bonds. The predicted molar refractivity (Wildman–Crippen MR) is 190 cm³/mol. The summed E-state index contributed by atoms with van der Waals surface area (Å²) in [6.07, 6.45) is 4.21. The summed E-state index contributed by atoms with van der Waals surface area (Å²) in [5, 5.41) is 1.56. The first-order valence-electron chi connectivity index (χ1n) is 18.2. The summed E-state index contributed by atoms with van der Waals surface area (Å²) >= 11 is 0. The van der Waals surface area contributed by atoms with Gasteiger partial charge in [-0.2, -0.15) is 8.42 Å². The van der Waals surface area contributed by atoms with Gasteiger partial charge in [0.1, 0.15) is 17.5 Å². The molecule has 4 aliphatic rings. The molecule has 0 radical (unpaired) electrons. The van der Waals surface area contributed by atoms with E-state index in [1.807, 2.05) is 52.8 Å². The van der Waals surface area contributed by atoms with Crippen LogP contribution in [0.2, 0.25) is 0 Å². The lowest BCUT2D eigenvalue weighted by molar-refractivity contribution is -0.157. The van der Waals surface area contributed by atoms with E-state index in [0.717, 1.165) is 23.6 Å². The molecule has 14 heteroatoms. The third kappa shape index (κ3) is 8.22. The topological polar surface area (TPSA) is 168 Å². The zero-order valence-electron chi connectivity index (χ0n) is 31.2. The standard InChI is InChI=1S/C38H51N3O10S/c1-8-24-20-38(24,34(45)40-52(46,47)51-37(6)14-15-37)21-30(42)29-18-26(49-32-27-10-9-25(48-7)17-23(27)11-16-39-32)22-41(29)33(44)28(35(2,3)4)19-31(43)50-36(5)12-13-36/h9-11,16-17,24,26,28-29H,8,12-15,18-22H2,1-7H3,(H,40,45)/t24-,26-,28-,29+,38-/m1/s1. The smallest absolute Gasteiger partial charge is 0.362 e. The van der Waals surface area contributed by atoms with Gasteiger partial charge in [-0.05, 0) is 86.9 Å². The van der Waals surface area contributed by atoms with Crippen LogP contribution < -0.4 is 14.2 Å². The summed E-state index contributed by atoms with van der Waals surface area (Å²) in [5.74, 6) is -2.06. The fourth-order valence-corrected chi connectivity index (χ4v) is 8.51. The van der Waals surface area contributed by atoms with Crippen LogP contribution in [0.3, 0.4) is 0 Å². The molecule has 5 atom stereocenters. The van der Waals surface area contributed by atoms with Crippen LogP contribution in [0.15, 0.2) is 30.5 Å². The van der Waals surface area contributed by atoms with Crippen molar-refractivity contribution in [1.29, 1.82) is 0 Å². The molecule has 1 aromatic heterocycles. The molecule has 1 aliphatic heterocycles. The van der Waals surface area contributed by atoms with E-state index in [1.165, 1.54) is 4.90 Å². The number of aromatic nitrogens is 1. The predicted octanol–water partition coefficient (Wildman–Crippen LogP) is 5.05. The minimum absolute atomic E-state index is 0.0417. The van der Waals surface area contributed by atoms with E-state index in [0.29, 0.717) is 37.3 Å². The number of rotatable bonds is 15. The summed E-state index contributed by atoms with van der Waals surface area (Å²) < 4.78 is 50.4. The monoisotopic (exact) mass is 741 g/mol. The van der Waals surface area contributed by atoms with Gasteiger partial charge in [0.2, 0.25) is 17.7 Å². The minimum atomic E-state index is -4.40. The van der Waals surface area contributed by atoms with Gasteiger partial charge in [-0.15, -0.1) is 0 Å². The SMILES string of the molecule is CC[C@@H]1C[C@]1(CC(=O)[C@@H]1C[C@@H](Oc2nccc3cc(OC)ccc23)CN1C(=O)[C@@H](CC(=O)OC1(C)CC1)C(C)(C)C)C(=O)NS(=O)(=O)OC1(C)CC1. The molecule has 4 fully saturated rings. The van der Waals surface area contributed by atoms with E-state index in [-0.39, 0.29) is 43.4 Å².